The number of benzene rings is 1. The summed E-state index contributed by atoms with van der Waals surface area (Å²) in [7, 11) is 1.62. The van der Waals surface area contributed by atoms with Crippen LogP contribution in [0.5, 0.6) is 5.75 Å². The Kier molecular flexibility index (Phi) is 6.46. The van der Waals surface area contributed by atoms with E-state index in [2.05, 4.69) is 12.2 Å². The summed E-state index contributed by atoms with van der Waals surface area (Å²) in [6.07, 6.45) is 3.43. The van der Waals surface area contributed by atoms with Crippen molar-refractivity contribution in [3.8, 4) is 5.75 Å². The molecule has 24 heavy (non-hydrogen) atoms. The number of rotatable bonds is 7. The molecule has 6 nitrogen and oxygen atoms in total. The fourth-order valence-corrected chi connectivity index (χ4v) is 2.95. The molecule has 2 rings (SSSR count). The van der Waals surface area contributed by atoms with E-state index in [0.29, 0.717) is 13.0 Å². The summed E-state index contributed by atoms with van der Waals surface area (Å²) in [5, 5.41) is 12.1. The maximum atomic E-state index is 12.5. The van der Waals surface area contributed by atoms with E-state index in [0.717, 1.165) is 30.6 Å². The van der Waals surface area contributed by atoms with Crippen LogP contribution in [0.25, 0.3) is 0 Å². The molecule has 1 aliphatic heterocycles. The molecule has 0 aliphatic carbocycles. The number of carboxylic acid groups (broad SMARTS) is 1. The van der Waals surface area contributed by atoms with Crippen LogP contribution in [0.1, 0.15) is 44.2 Å². The van der Waals surface area contributed by atoms with E-state index >= 15 is 0 Å². The lowest BCUT2D eigenvalue weighted by Gasteiger charge is -2.24. The molecule has 0 spiro atoms. The predicted molar refractivity (Wildman–Crippen MR) is 91.1 cm³/mol. The molecule has 2 atom stereocenters. The van der Waals surface area contributed by atoms with E-state index in [1.54, 1.807) is 12.0 Å². The first-order valence-electron chi connectivity index (χ1n) is 8.47. The van der Waals surface area contributed by atoms with Gasteiger partial charge in [-0.3, -0.25) is 4.79 Å². The Balaban J connectivity index is 2.02. The van der Waals surface area contributed by atoms with Crippen LogP contribution in [-0.4, -0.2) is 42.2 Å². The highest BCUT2D eigenvalue weighted by atomic mass is 16.5. The van der Waals surface area contributed by atoms with Gasteiger partial charge in [-0.2, -0.15) is 0 Å². The molecule has 2 amide bonds. The van der Waals surface area contributed by atoms with Crippen molar-refractivity contribution in [3.63, 3.8) is 0 Å². The fraction of sp³-hybridized carbons (Fsp3) is 0.556. The molecule has 2 N–H and O–H groups in total. The van der Waals surface area contributed by atoms with E-state index in [1.165, 1.54) is 0 Å². The molecule has 2 unspecified atom stereocenters. The number of carbonyl (C=O) groups is 2. The van der Waals surface area contributed by atoms with Crippen molar-refractivity contribution in [3.05, 3.63) is 29.8 Å². The van der Waals surface area contributed by atoms with Crippen LogP contribution in [0.2, 0.25) is 0 Å². The zero-order valence-electron chi connectivity index (χ0n) is 14.3. The summed E-state index contributed by atoms with van der Waals surface area (Å²) in [5.74, 6) is -0.503. The van der Waals surface area contributed by atoms with Crippen LogP contribution in [0.4, 0.5) is 4.79 Å². The number of likely N-dealkylation sites (tertiary alicyclic amines) is 1. The van der Waals surface area contributed by atoms with Gasteiger partial charge in [0.15, 0.2) is 0 Å². The van der Waals surface area contributed by atoms with Crippen molar-refractivity contribution in [2.45, 2.75) is 38.6 Å². The number of aliphatic carboxylic acids is 1. The smallest absolute Gasteiger partial charge is 0.317 e. The molecule has 1 saturated heterocycles. The normalized spacial score (nSPS) is 18.2. The molecule has 1 heterocycles. The number of carbonyl (C=O) groups excluding carboxylic acids is 1. The van der Waals surface area contributed by atoms with E-state index in [-0.39, 0.29) is 18.6 Å². The minimum absolute atomic E-state index is 0.0766. The predicted octanol–water partition coefficient (Wildman–Crippen LogP) is 3.04. The van der Waals surface area contributed by atoms with Crippen LogP contribution in [0.15, 0.2) is 24.3 Å². The largest absolute Gasteiger partial charge is 0.497 e. The minimum atomic E-state index is -0.831. The number of amides is 2. The topological polar surface area (TPSA) is 78.9 Å². The number of nitrogens with zero attached hydrogens (tertiary/aromatic N) is 1. The van der Waals surface area contributed by atoms with Crippen molar-refractivity contribution >= 4 is 12.0 Å². The van der Waals surface area contributed by atoms with Crippen molar-refractivity contribution in [2.24, 2.45) is 5.92 Å². The number of ether oxygens (including phenoxy) is 1. The van der Waals surface area contributed by atoms with Gasteiger partial charge in [0.2, 0.25) is 0 Å². The first-order chi connectivity index (χ1) is 11.5. The lowest BCUT2D eigenvalue weighted by Crippen LogP contribution is -2.40. The number of unbranched alkanes of at least 4 members (excludes halogenated alkanes) is 1. The Morgan fingerprint density at radius 2 is 2.08 bits per heavy atom. The van der Waals surface area contributed by atoms with Crippen molar-refractivity contribution in [1.29, 1.82) is 0 Å². The molecule has 1 aliphatic rings. The molecular weight excluding hydrogens is 308 g/mol. The van der Waals surface area contributed by atoms with Gasteiger partial charge in [0.25, 0.3) is 0 Å². The quantitative estimate of drug-likeness (QED) is 0.803. The van der Waals surface area contributed by atoms with Crippen molar-refractivity contribution in [1.82, 2.24) is 10.2 Å². The highest BCUT2D eigenvalue weighted by Gasteiger charge is 2.31. The van der Waals surface area contributed by atoms with Crippen LogP contribution >= 0.6 is 0 Å². The van der Waals surface area contributed by atoms with Gasteiger partial charge in [0.05, 0.1) is 19.1 Å². The highest BCUT2D eigenvalue weighted by molar-refractivity contribution is 5.77. The van der Waals surface area contributed by atoms with E-state index in [1.807, 2.05) is 24.3 Å². The van der Waals surface area contributed by atoms with Crippen molar-refractivity contribution in [2.75, 3.05) is 20.2 Å². The van der Waals surface area contributed by atoms with E-state index in [4.69, 9.17) is 9.84 Å². The SMILES string of the molecule is CCCCC(NC(=O)N1CCC(C(=O)O)C1)c1ccc(OC)cc1. The first-order valence-corrected chi connectivity index (χ1v) is 8.47. The van der Waals surface area contributed by atoms with Gasteiger partial charge in [-0.1, -0.05) is 31.9 Å². The third-order valence-electron chi connectivity index (χ3n) is 4.49. The number of methoxy groups -OCH3 is 1. The number of hydrogen-bond acceptors (Lipinski definition) is 3. The Labute approximate surface area is 142 Å². The number of nitrogens with one attached hydrogen (secondary N) is 1. The third kappa shape index (κ3) is 4.63. The maximum Gasteiger partial charge on any atom is 0.317 e. The molecule has 0 radical (unpaired) electrons. The number of carboxylic acids is 1. The Hall–Kier alpha value is -2.24. The lowest BCUT2D eigenvalue weighted by molar-refractivity contribution is -0.141. The molecule has 0 saturated carbocycles. The number of urea groups is 1. The van der Waals surface area contributed by atoms with Crippen molar-refractivity contribution < 1.29 is 19.4 Å². The van der Waals surface area contributed by atoms with Crippen LogP contribution in [0, 0.1) is 5.92 Å². The second kappa shape index (κ2) is 8.57. The fourth-order valence-electron chi connectivity index (χ4n) is 2.95. The van der Waals surface area contributed by atoms with Gasteiger partial charge in [-0.15, -0.1) is 0 Å². The molecular formula is C18H26N2O4. The van der Waals surface area contributed by atoms with Gasteiger partial charge < -0.3 is 20.1 Å². The van der Waals surface area contributed by atoms with Crippen LogP contribution in [-0.2, 0) is 4.79 Å². The van der Waals surface area contributed by atoms with Gasteiger partial charge in [0, 0.05) is 13.1 Å². The highest BCUT2D eigenvalue weighted by Crippen LogP contribution is 2.23. The van der Waals surface area contributed by atoms with Gasteiger partial charge in [-0.25, -0.2) is 4.79 Å². The molecule has 132 valence electrons. The zero-order chi connectivity index (χ0) is 17.5. The molecule has 1 aromatic rings. The molecule has 6 heteroatoms. The zero-order valence-corrected chi connectivity index (χ0v) is 14.3. The second-order valence-electron chi connectivity index (χ2n) is 6.19. The van der Waals surface area contributed by atoms with Gasteiger partial charge >= 0.3 is 12.0 Å². The lowest BCUT2D eigenvalue weighted by atomic mass is 10.0. The summed E-state index contributed by atoms with van der Waals surface area (Å²) in [4.78, 5) is 25.1. The monoisotopic (exact) mass is 334 g/mol. The summed E-state index contributed by atoms with van der Waals surface area (Å²) in [6.45, 7) is 2.89. The molecule has 1 aromatic carbocycles. The second-order valence-corrected chi connectivity index (χ2v) is 6.19. The molecule has 1 fully saturated rings. The van der Waals surface area contributed by atoms with Crippen LogP contribution in [0.3, 0.4) is 0 Å². The average Bonchev–Trinajstić information content (AvgIpc) is 3.09. The Morgan fingerprint density at radius 3 is 2.62 bits per heavy atom. The standard InChI is InChI=1S/C18H26N2O4/c1-3-4-5-16(13-6-8-15(24-2)9-7-13)19-18(23)20-11-10-14(12-20)17(21)22/h6-9,14,16H,3-5,10-12H2,1-2H3,(H,19,23)(H,21,22). The average molecular weight is 334 g/mol. The van der Waals surface area contributed by atoms with Crippen LogP contribution < -0.4 is 10.1 Å². The van der Waals surface area contributed by atoms with Gasteiger partial charge in [0.1, 0.15) is 5.75 Å². The Bertz CT molecular complexity index is 559. The Morgan fingerprint density at radius 1 is 1.38 bits per heavy atom. The summed E-state index contributed by atoms with van der Waals surface area (Å²) >= 11 is 0. The van der Waals surface area contributed by atoms with E-state index < -0.39 is 11.9 Å². The first kappa shape index (κ1) is 18.1. The van der Waals surface area contributed by atoms with E-state index in [9.17, 15) is 9.59 Å². The van der Waals surface area contributed by atoms with Gasteiger partial charge in [-0.05, 0) is 30.5 Å². The molecule has 0 aromatic heterocycles. The summed E-state index contributed by atoms with van der Waals surface area (Å²) in [5.41, 5.74) is 1.03. The number of hydrogen-bond donors (Lipinski definition) is 2. The maximum absolute atomic E-state index is 12.5. The molecule has 0 bridgehead atoms. The third-order valence-corrected chi connectivity index (χ3v) is 4.49. The summed E-state index contributed by atoms with van der Waals surface area (Å²) in [6, 6.07) is 7.43. The minimum Gasteiger partial charge on any atom is -0.497 e. The summed E-state index contributed by atoms with van der Waals surface area (Å²) < 4.78 is 5.18.